The predicted octanol–water partition coefficient (Wildman–Crippen LogP) is 0.128. The normalized spacial score (nSPS) is 10.9. The van der Waals surface area contributed by atoms with E-state index in [1.54, 1.807) is 13.0 Å². The third kappa shape index (κ3) is 1.00. The number of aromatic amines is 1. The summed E-state index contributed by atoms with van der Waals surface area (Å²) in [5.41, 5.74) is -0.562. The molecule has 0 saturated heterocycles. The van der Waals surface area contributed by atoms with E-state index in [1.165, 1.54) is 7.05 Å². The first-order valence-corrected chi connectivity index (χ1v) is 3.79. The number of fused-ring (bicyclic) bond motifs is 1. The number of aromatic nitrogens is 2. The summed E-state index contributed by atoms with van der Waals surface area (Å²) in [7, 11) is 1.42. The van der Waals surface area contributed by atoms with Crippen molar-refractivity contribution in [2.75, 3.05) is 0 Å². The van der Waals surface area contributed by atoms with Gasteiger partial charge < -0.3 is 4.42 Å². The smallest absolute Gasteiger partial charge is 0.330 e. The molecule has 0 aliphatic rings. The molecule has 68 valence electrons. The molecule has 0 fully saturated rings. The van der Waals surface area contributed by atoms with Crippen LogP contribution in [-0.2, 0) is 7.05 Å². The quantitative estimate of drug-likeness (QED) is 0.626. The van der Waals surface area contributed by atoms with E-state index in [1.807, 2.05) is 0 Å². The fourth-order valence-corrected chi connectivity index (χ4v) is 1.22. The van der Waals surface area contributed by atoms with E-state index in [0.29, 0.717) is 11.1 Å². The average molecular weight is 180 g/mol. The molecule has 13 heavy (non-hydrogen) atoms. The van der Waals surface area contributed by atoms with E-state index in [0.717, 1.165) is 4.57 Å². The first-order valence-electron chi connectivity index (χ1n) is 3.79. The van der Waals surface area contributed by atoms with Crippen molar-refractivity contribution in [3.63, 3.8) is 0 Å². The van der Waals surface area contributed by atoms with Crippen molar-refractivity contribution in [1.29, 1.82) is 0 Å². The van der Waals surface area contributed by atoms with Crippen LogP contribution in [0.3, 0.4) is 0 Å². The Morgan fingerprint density at radius 1 is 1.46 bits per heavy atom. The Morgan fingerprint density at radius 3 is 2.85 bits per heavy atom. The monoisotopic (exact) mass is 180 g/mol. The SMILES string of the molecule is Cc1cc2c(=O)n(C)c(=O)[nH]c2o1. The first-order chi connectivity index (χ1) is 6.09. The minimum Gasteiger partial charge on any atom is -0.445 e. The zero-order valence-electron chi connectivity index (χ0n) is 7.25. The third-order valence-electron chi connectivity index (χ3n) is 1.92. The number of H-pyrrole nitrogens is 1. The fourth-order valence-electron chi connectivity index (χ4n) is 1.22. The summed E-state index contributed by atoms with van der Waals surface area (Å²) in [5.74, 6) is 0.606. The summed E-state index contributed by atoms with van der Waals surface area (Å²) in [4.78, 5) is 25.0. The van der Waals surface area contributed by atoms with E-state index in [4.69, 9.17) is 4.42 Å². The lowest BCUT2D eigenvalue weighted by molar-refractivity contribution is 0.562. The Kier molecular flexibility index (Phi) is 1.42. The molecule has 5 heteroatoms. The van der Waals surface area contributed by atoms with Crippen molar-refractivity contribution in [1.82, 2.24) is 9.55 Å². The molecule has 5 nitrogen and oxygen atoms in total. The van der Waals surface area contributed by atoms with Crippen molar-refractivity contribution in [2.24, 2.45) is 7.05 Å². The maximum Gasteiger partial charge on any atom is 0.330 e. The van der Waals surface area contributed by atoms with E-state index in [9.17, 15) is 9.59 Å². The second-order valence-electron chi connectivity index (χ2n) is 2.89. The molecule has 0 bridgehead atoms. The van der Waals surface area contributed by atoms with Crippen LogP contribution in [0, 0.1) is 6.92 Å². The highest BCUT2D eigenvalue weighted by Crippen LogP contribution is 2.10. The number of nitrogens with zero attached hydrogens (tertiary/aromatic N) is 1. The minimum atomic E-state index is -0.466. The van der Waals surface area contributed by atoms with Crippen LogP contribution >= 0.6 is 0 Å². The number of furan rings is 1. The van der Waals surface area contributed by atoms with Gasteiger partial charge in [0, 0.05) is 7.05 Å². The lowest BCUT2D eigenvalue weighted by Crippen LogP contribution is -2.31. The van der Waals surface area contributed by atoms with Crippen molar-refractivity contribution in [2.45, 2.75) is 6.92 Å². The zero-order valence-corrected chi connectivity index (χ0v) is 7.25. The van der Waals surface area contributed by atoms with Crippen LogP contribution in [0.2, 0.25) is 0 Å². The molecule has 0 aromatic carbocycles. The molecule has 2 aromatic heterocycles. The first kappa shape index (κ1) is 7.85. The molecule has 0 atom stereocenters. The number of aryl methyl sites for hydroxylation is 1. The highest BCUT2D eigenvalue weighted by Gasteiger charge is 2.07. The van der Waals surface area contributed by atoms with Crippen LogP contribution < -0.4 is 11.2 Å². The summed E-state index contributed by atoms with van der Waals surface area (Å²) in [6, 6.07) is 1.60. The lowest BCUT2D eigenvalue weighted by atomic mass is 10.4. The number of hydrogen-bond acceptors (Lipinski definition) is 3. The van der Waals surface area contributed by atoms with Gasteiger partial charge in [-0.3, -0.25) is 14.3 Å². The van der Waals surface area contributed by atoms with E-state index in [2.05, 4.69) is 4.98 Å². The lowest BCUT2D eigenvalue weighted by Gasteiger charge is -1.93. The van der Waals surface area contributed by atoms with Gasteiger partial charge in [-0.05, 0) is 13.0 Å². The van der Waals surface area contributed by atoms with Crippen LogP contribution in [0.25, 0.3) is 11.1 Å². The molecule has 0 aliphatic heterocycles. The Labute approximate surface area is 72.6 Å². The maximum absolute atomic E-state index is 11.4. The molecule has 2 rings (SSSR count). The largest absolute Gasteiger partial charge is 0.445 e. The Balaban J connectivity index is 3.10. The van der Waals surface area contributed by atoms with Crippen molar-refractivity contribution in [3.05, 3.63) is 32.7 Å². The topological polar surface area (TPSA) is 68.0 Å². The van der Waals surface area contributed by atoms with Gasteiger partial charge in [-0.2, -0.15) is 0 Å². The van der Waals surface area contributed by atoms with Crippen molar-refractivity contribution in [3.8, 4) is 0 Å². The predicted molar refractivity (Wildman–Crippen MR) is 46.8 cm³/mol. The molecular formula is C8H8N2O3. The maximum atomic E-state index is 11.4. The number of rotatable bonds is 0. The van der Waals surface area contributed by atoms with Gasteiger partial charge in [0.15, 0.2) is 0 Å². The van der Waals surface area contributed by atoms with Crippen LogP contribution in [0.5, 0.6) is 0 Å². The van der Waals surface area contributed by atoms with E-state index < -0.39 is 5.69 Å². The van der Waals surface area contributed by atoms with Gasteiger partial charge >= 0.3 is 5.69 Å². The van der Waals surface area contributed by atoms with Gasteiger partial charge in [-0.15, -0.1) is 0 Å². The number of nitrogens with one attached hydrogen (secondary N) is 1. The number of hydrogen-bond donors (Lipinski definition) is 1. The van der Waals surface area contributed by atoms with E-state index >= 15 is 0 Å². The second kappa shape index (κ2) is 2.35. The minimum absolute atomic E-state index is 0.241. The third-order valence-corrected chi connectivity index (χ3v) is 1.92. The van der Waals surface area contributed by atoms with Crippen LogP contribution in [0.4, 0.5) is 0 Å². The van der Waals surface area contributed by atoms with Crippen LogP contribution in [0.1, 0.15) is 5.76 Å². The van der Waals surface area contributed by atoms with Gasteiger partial charge in [0.25, 0.3) is 5.56 Å². The van der Waals surface area contributed by atoms with Gasteiger partial charge in [-0.1, -0.05) is 0 Å². The highest BCUT2D eigenvalue weighted by atomic mass is 16.3. The van der Waals surface area contributed by atoms with Gasteiger partial charge in [-0.25, -0.2) is 4.79 Å². The molecule has 2 aromatic rings. The van der Waals surface area contributed by atoms with Crippen molar-refractivity contribution < 1.29 is 4.42 Å². The van der Waals surface area contributed by atoms with Gasteiger partial charge in [0.05, 0.1) is 0 Å². The molecule has 1 N–H and O–H groups in total. The van der Waals surface area contributed by atoms with Gasteiger partial charge in [0.2, 0.25) is 5.71 Å². The van der Waals surface area contributed by atoms with E-state index in [-0.39, 0.29) is 11.3 Å². The molecule has 0 unspecified atom stereocenters. The summed E-state index contributed by atoms with van der Waals surface area (Å²) < 4.78 is 6.13. The molecule has 0 radical (unpaired) electrons. The summed E-state index contributed by atoms with van der Waals surface area (Å²) in [5, 5.41) is 0.402. The van der Waals surface area contributed by atoms with Crippen LogP contribution in [-0.4, -0.2) is 9.55 Å². The van der Waals surface area contributed by atoms with Crippen LogP contribution in [0.15, 0.2) is 20.1 Å². The Hall–Kier alpha value is -1.78. The Morgan fingerprint density at radius 2 is 2.15 bits per heavy atom. The summed E-state index contributed by atoms with van der Waals surface area (Å²) in [6.45, 7) is 1.72. The molecule has 0 spiro atoms. The second-order valence-corrected chi connectivity index (χ2v) is 2.89. The molecule has 0 saturated carbocycles. The summed E-state index contributed by atoms with van der Waals surface area (Å²) in [6.07, 6.45) is 0. The van der Waals surface area contributed by atoms with Crippen molar-refractivity contribution >= 4 is 11.1 Å². The Bertz CT molecular complexity index is 573. The fraction of sp³-hybridized carbons (Fsp3) is 0.250. The zero-order chi connectivity index (χ0) is 9.59. The standard InChI is InChI=1S/C8H8N2O3/c1-4-3-5-6(13-4)9-8(12)10(2)7(5)11/h3H,1-2H3,(H,9,12). The average Bonchev–Trinajstić information content (AvgIpc) is 2.42. The molecule has 2 heterocycles. The molecular weight excluding hydrogens is 172 g/mol. The van der Waals surface area contributed by atoms with Gasteiger partial charge in [0.1, 0.15) is 11.1 Å². The summed E-state index contributed by atoms with van der Waals surface area (Å²) >= 11 is 0. The molecule has 0 amide bonds. The highest BCUT2D eigenvalue weighted by molar-refractivity contribution is 5.72. The molecule has 0 aliphatic carbocycles.